The van der Waals surface area contributed by atoms with Crippen molar-refractivity contribution in [3.63, 3.8) is 0 Å². The molecule has 0 aliphatic heterocycles. The Hall–Kier alpha value is -1.72. The van der Waals surface area contributed by atoms with Crippen molar-refractivity contribution in [1.29, 1.82) is 0 Å². The molecule has 1 aromatic carbocycles. The fourth-order valence-electron chi connectivity index (χ4n) is 1.89. The van der Waals surface area contributed by atoms with Crippen LogP contribution in [0, 0.1) is 0 Å². The van der Waals surface area contributed by atoms with E-state index in [1.807, 2.05) is 16.9 Å². The molecule has 1 N–H and O–H groups in total. The molecule has 6 heteroatoms. The third kappa shape index (κ3) is 3.68. The molecule has 0 saturated heterocycles. The van der Waals surface area contributed by atoms with Gasteiger partial charge in [0.2, 0.25) is 0 Å². The van der Waals surface area contributed by atoms with E-state index in [4.69, 9.17) is 26.2 Å². The van der Waals surface area contributed by atoms with E-state index in [0.29, 0.717) is 34.7 Å². The summed E-state index contributed by atoms with van der Waals surface area (Å²) in [4.78, 5) is 0. The van der Waals surface area contributed by atoms with Crippen LogP contribution in [-0.2, 0) is 13.2 Å². The normalized spacial score (nSPS) is 11.0. The molecular weight excluding hydrogens is 292 g/mol. The van der Waals surface area contributed by atoms with Crippen LogP contribution in [0.2, 0.25) is 5.02 Å². The molecule has 21 heavy (non-hydrogen) atoms. The smallest absolute Gasteiger partial charge is 0.180 e. The summed E-state index contributed by atoms with van der Waals surface area (Å²) >= 11 is 6.17. The number of nitrogens with zero attached hydrogens (tertiary/aromatic N) is 2. The Kier molecular flexibility index (Phi) is 5.09. The van der Waals surface area contributed by atoms with E-state index in [-0.39, 0.29) is 6.61 Å². The molecule has 2 aromatic rings. The van der Waals surface area contributed by atoms with Crippen LogP contribution in [0.5, 0.6) is 11.5 Å². The van der Waals surface area contributed by atoms with Crippen molar-refractivity contribution in [1.82, 2.24) is 9.78 Å². The third-order valence-corrected chi connectivity index (χ3v) is 3.31. The van der Waals surface area contributed by atoms with Crippen LogP contribution in [0.3, 0.4) is 0 Å². The van der Waals surface area contributed by atoms with Gasteiger partial charge in [0, 0.05) is 12.2 Å². The maximum absolute atomic E-state index is 9.17. The molecule has 0 unspecified atom stereocenters. The van der Waals surface area contributed by atoms with E-state index in [1.165, 1.54) is 7.11 Å². The molecular formula is C15H19ClN2O3. The van der Waals surface area contributed by atoms with Crippen LogP contribution >= 0.6 is 11.6 Å². The molecule has 114 valence electrons. The Morgan fingerprint density at radius 1 is 1.38 bits per heavy atom. The Labute approximate surface area is 129 Å². The molecule has 1 aromatic heterocycles. The maximum atomic E-state index is 9.17. The van der Waals surface area contributed by atoms with Crippen molar-refractivity contribution >= 4 is 11.6 Å². The maximum Gasteiger partial charge on any atom is 0.180 e. The second kappa shape index (κ2) is 6.83. The van der Waals surface area contributed by atoms with Crippen molar-refractivity contribution in [3.05, 3.63) is 40.7 Å². The zero-order valence-corrected chi connectivity index (χ0v) is 13.1. The van der Waals surface area contributed by atoms with Gasteiger partial charge >= 0.3 is 0 Å². The molecule has 2 rings (SSSR count). The number of halogens is 1. The first-order valence-electron chi connectivity index (χ1n) is 6.69. The number of hydrogen-bond acceptors (Lipinski definition) is 4. The highest BCUT2D eigenvalue weighted by atomic mass is 35.5. The lowest BCUT2D eigenvalue weighted by Gasteiger charge is -2.13. The van der Waals surface area contributed by atoms with Crippen molar-refractivity contribution in [2.24, 2.45) is 0 Å². The second-order valence-corrected chi connectivity index (χ2v) is 5.34. The zero-order valence-electron chi connectivity index (χ0n) is 12.3. The lowest BCUT2D eigenvalue weighted by atomic mass is 10.2. The zero-order chi connectivity index (χ0) is 15.4. The van der Waals surface area contributed by atoms with Gasteiger partial charge in [0.15, 0.2) is 11.5 Å². The summed E-state index contributed by atoms with van der Waals surface area (Å²) in [5.41, 5.74) is 1.49. The van der Waals surface area contributed by atoms with Gasteiger partial charge in [-0.05, 0) is 37.6 Å². The SMILES string of the molecule is COc1cc(CO)cc(Cl)c1OCc1ccn(C(C)C)n1. The average molecular weight is 311 g/mol. The van der Waals surface area contributed by atoms with E-state index in [2.05, 4.69) is 18.9 Å². The van der Waals surface area contributed by atoms with Crippen molar-refractivity contribution < 1.29 is 14.6 Å². The lowest BCUT2D eigenvalue weighted by molar-refractivity contribution is 0.271. The largest absolute Gasteiger partial charge is 0.493 e. The van der Waals surface area contributed by atoms with Gasteiger partial charge in [-0.1, -0.05) is 11.6 Å². The van der Waals surface area contributed by atoms with Gasteiger partial charge in [0.05, 0.1) is 24.4 Å². The number of hydrogen-bond donors (Lipinski definition) is 1. The number of aliphatic hydroxyl groups is 1. The first kappa shape index (κ1) is 15.7. The number of aromatic nitrogens is 2. The van der Waals surface area contributed by atoms with Gasteiger partial charge in [-0.2, -0.15) is 5.10 Å². The minimum Gasteiger partial charge on any atom is -0.493 e. The first-order valence-corrected chi connectivity index (χ1v) is 7.07. The van der Waals surface area contributed by atoms with Crippen LogP contribution in [-0.4, -0.2) is 22.0 Å². The summed E-state index contributed by atoms with van der Waals surface area (Å²) in [5.74, 6) is 0.949. The fourth-order valence-corrected chi connectivity index (χ4v) is 2.18. The topological polar surface area (TPSA) is 56.5 Å². The van der Waals surface area contributed by atoms with E-state index < -0.39 is 0 Å². The van der Waals surface area contributed by atoms with E-state index >= 15 is 0 Å². The van der Waals surface area contributed by atoms with Crippen LogP contribution in [0.4, 0.5) is 0 Å². The van der Waals surface area contributed by atoms with E-state index in [9.17, 15) is 0 Å². The molecule has 0 atom stereocenters. The Morgan fingerprint density at radius 3 is 2.71 bits per heavy atom. The van der Waals surface area contributed by atoms with Crippen LogP contribution in [0.25, 0.3) is 0 Å². The molecule has 0 fully saturated rings. The van der Waals surface area contributed by atoms with Gasteiger partial charge in [-0.3, -0.25) is 4.68 Å². The summed E-state index contributed by atoms with van der Waals surface area (Å²) < 4.78 is 12.8. The molecule has 0 bridgehead atoms. The molecule has 0 spiro atoms. The van der Waals surface area contributed by atoms with Gasteiger partial charge in [-0.15, -0.1) is 0 Å². The van der Waals surface area contributed by atoms with Crippen LogP contribution < -0.4 is 9.47 Å². The summed E-state index contributed by atoms with van der Waals surface area (Å²) in [6, 6.07) is 5.57. The lowest BCUT2D eigenvalue weighted by Crippen LogP contribution is -2.04. The minimum absolute atomic E-state index is 0.102. The number of benzene rings is 1. The molecule has 0 aliphatic carbocycles. The van der Waals surface area contributed by atoms with Gasteiger partial charge < -0.3 is 14.6 Å². The van der Waals surface area contributed by atoms with Crippen LogP contribution in [0.15, 0.2) is 24.4 Å². The predicted octanol–water partition coefficient (Wildman–Crippen LogP) is 3.20. The number of methoxy groups -OCH3 is 1. The monoisotopic (exact) mass is 310 g/mol. The predicted molar refractivity (Wildman–Crippen MR) is 80.9 cm³/mol. The standard InChI is InChI=1S/C15H19ClN2O3/c1-10(2)18-5-4-12(17-18)9-21-15-13(16)6-11(8-19)7-14(15)20-3/h4-7,10,19H,8-9H2,1-3H3. The number of ether oxygens (including phenoxy) is 2. The summed E-state index contributed by atoms with van der Waals surface area (Å²) in [5, 5.41) is 14.0. The number of rotatable bonds is 6. The molecule has 5 nitrogen and oxygen atoms in total. The quantitative estimate of drug-likeness (QED) is 0.890. The van der Waals surface area contributed by atoms with Gasteiger partial charge in [0.1, 0.15) is 6.61 Å². The third-order valence-electron chi connectivity index (χ3n) is 3.03. The van der Waals surface area contributed by atoms with E-state index in [1.54, 1.807) is 12.1 Å². The van der Waals surface area contributed by atoms with Gasteiger partial charge in [0.25, 0.3) is 0 Å². The molecule has 0 radical (unpaired) electrons. The molecule has 0 amide bonds. The Bertz CT molecular complexity index is 611. The Balaban J connectivity index is 2.15. The summed E-state index contributed by atoms with van der Waals surface area (Å²) in [6.07, 6.45) is 1.91. The fraction of sp³-hybridized carbons (Fsp3) is 0.400. The van der Waals surface area contributed by atoms with E-state index in [0.717, 1.165) is 5.69 Å². The molecule has 1 heterocycles. The second-order valence-electron chi connectivity index (χ2n) is 4.94. The van der Waals surface area contributed by atoms with Crippen LogP contribution in [0.1, 0.15) is 31.1 Å². The molecule has 0 aliphatic rings. The minimum atomic E-state index is -0.102. The van der Waals surface area contributed by atoms with Gasteiger partial charge in [-0.25, -0.2) is 0 Å². The number of aliphatic hydroxyl groups excluding tert-OH is 1. The highest BCUT2D eigenvalue weighted by molar-refractivity contribution is 6.32. The van der Waals surface area contributed by atoms with Crippen molar-refractivity contribution in [3.8, 4) is 11.5 Å². The summed E-state index contributed by atoms with van der Waals surface area (Å²) in [6.45, 7) is 4.32. The van der Waals surface area contributed by atoms with Crippen molar-refractivity contribution in [2.75, 3.05) is 7.11 Å². The first-order chi connectivity index (χ1) is 10.0. The highest BCUT2D eigenvalue weighted by Gasteiger charge is 2.13. The highest BCUT2D eigenvalue weighted by Crippen LogP contribution is 2.36. The molecule has 0 saturated carbocycles. The van der Waals surface area contributed by atoms with Crippen molar-refractivity contribution in [2.45, 2.75) is 33.1 Å². The Morgan fingerprint density at radius 2 is 2.14 bits per heavy atom. The summed E-state index contributed by atoms with van der Waals surface area (Å²) in [7, 11) is 1.53. The average Bonchev–Trinajstić information content (AvgIpc) is 2.94.